The summed E-state index contributed by atoms with van der Waals surface area (Å²) in [6.45, 7) is 15.2. The van der Waals surface area contributed by atoms with Crippen LogP contribution in [0.15, 0.2) is 0 Å². The molecule has 0 aromatic rings. The maximum atomic E-state index is 3.72. The maximum Gasteiger partial charge on any atom is 0.0147 e. The Morgan fingerprint density at radius 1 is 1.21 bits per heavy atom. The highest BCUT2D eigenvalue weighted by Gasteiger charge is 2.37. The zero-order valence-electron chi connectivity index (χ0n) is 14.2. The topological polar surface area (TPSA) is 15.3 Å². The third-order valence-electron chi connectivity index (χ3n) is 5.19. The van der Waals surface area contributed by atoms with Crippen molar-refractivity contribution in [2.75, 3.05) is 26.7 Å². The van der Waals surface area contributed by atoms with Crippen molar-refractivity contribution in [3.05, 3.63) is 0 Å². The van der Waals surface area contributed by atoms with Gasteiger partial charge >= 0.3 is 0 Å². The van der Waals surface area contributed by atoms with E-state index in [2.05, 4.69) is 51.9 Å². The lowest BCUT2D eigenvalue weighted by molar-refractivity contribution is 0.0826. The fourth-order valence-corrected chi connectivity index (χ4v) is 3.13. The van der Waals surface area contributed by atoms with Crippen LogP contribution < -0.4 is 5.32 Å². The third-order valence-corrected chi connectivity index (χ3v) is 5.19. The number of rotatable bonds is 8. The third kappa shape index (κ3) is 5.07. The van der Waals surface area contributed by atoms with E-state index in [0.717, 1.165) is 12.5 Å². The molecule has 0 atom stereocenters. The van der Waals surface area contributed by atoms with Gasteiger partial charge in [0.25, 0.3) is 0 Å². The Morgan fingerprint density at radius 2 is 1.79 bits per heavy atom. The van der Waals surface area contributed by atoms with Crippen LogP contribution in [-0.2, 0) is 0 Å². The summed E-state index contributed by atoms with van der Waals surface area (Å²) in [5.74, 6) is 0.753. The molecule has 0 unspecified atom stereocenters. The van der Waals surface area contributed by atoms with Gasteiger partial charge in [0, 0.05) is 18.6 Å². The molecule has 2 nitrogen and oxygen atoms in total. The molecule has 0 heterocycles. The standard InChI is InChI=1S/C17H36N2/c1-7-16(4,5)19(6)14-17(10-8-9-11-17)13-18-12-15(2)3/h15,18H,7-14H2,1-6H3. The monoisotopic (exact) mass is 268 g/mol. The first-order valence-corrected chi connectivity index (χ1v) is 8.23. The largest absolute Gasteiger partial charge is 0.316 e. The minimum absolute atomic E-state index is 0.327. The molecule has 1 saturated carbocycles. The van der Waals surface area contributed by atoms with E-state index in [4.69, 9.17) is 0 Å². The van der Waals surface area contributed by atoms with Crippen LogP contribution in [0.4, 0.5) is 0 Å². The van der Waals surface area contributed by atoms with Gasteiger partial charge < -0.3 is 10.2 Å². The van der Waals surface area contributed by atoms with Crippen molar-refractivity contribution in [2.45, 2.75) is 72.3 Å². The van der Waals surface area contributed by atoms with Gasteiger partial charge in [0.05, 0.1) is 0 Å². The predicted molar refractivity (Wildman–Crippen MR) is 85.6 cm³/mol. The zero-order chi connectivity index (χ0) is 14.5. The van der Waals surface area contributed by atoms with Crippen LogP contribution >= 0.6 is 0 Å². The fourth-order valence-electron chi connectivity index (χ4n) is 3.13. The van der Waals surface area contributed by atoms with Crippen LogP contribution in [0.5, 0.6) is 0 Å². The Hall–Kier alpha value is -0.0800. The van der Waals surface area contributed by atoms with E-state index in [-0.39, 0.29) is 0 Å². The quantitative estimate of drug-likeness (QED) is 0.718. The Balaban J connectivity index is 2.56. The van der Waals surface area contributed by atoms with Crippen molar-refractivity contribution < 1.29 is 0 Å². The summed E-state index contributed by atoms with van der Waals surface area (Å²) < 4.78 is 0. The average Bonchev–Trinajstić information content (AvgIpc) is 2.77. The summed E-state index contributed by atoms with van der Waals surface area (Å²) in [7, 11) is 2.31. The highest BCUT2D eigenvalue weighted by atomic mass is 15.2. The molecule has 0 amide bonds. The molecular weight excluding hydrogens is 232 g/mol. The van der Waals surface area contributed by atoms with Crippen molar-refractivity contribution in [1.29, 1.82) is 0 Å². The van der Waals surface area contributed by atoms with Crippen molar-refractivity contribution in [3.8, 4) is 0 Å². The summed E-state index contributed by atoms with van der Waals surface area (Å²) >= 11 is 0. The molecule has 0 aromatic carbocycles. The van der Waals surface area contributed by atoms with Crippen molar-refractivity contribution in [2.24, 2.45) is 11.3 Å². The molecule has 1 rings (SSSR count). The van der Waals surface area contributed by atoms with E-state index >= 15 is 0 Å². The van der Waals surface area contributed by atoms with Gasteiger partial charge in [-0.3, -0.25) is 0 Å². The molecule has 0 spiro atoms. The van der Waals surface area contributed by atoms with Gasteiger partial charge in [-0.25, -0.2) is 0 Å². The average molecular weight is 268 g/mol. The van der Waals surface area contributed by atoms with Gasteiger partial charge in [0.15, 0.2) is 0 Å². The molecule has 1 aliphatic carbocycles. The highest BCUT2D eigenvalue weighted by molar-refractivity contribution is 4.92. The first kappa shape index (κ1) is 17.0. The predicted octanol–water partition coefficient (Wildman–Crippen LogP) is 3.91. The lowest BCUT2D eigenvalue weighted by Crippen LogP contribution is -2.49. The molecule has 0 aliphatic heterocycles. The first-order chi connectivity index (χ1) is 8.81. The van der Waals surface area contributed by atoms with E-state index < -0.39 is 0 Å². The Bertz CT molecular complexity index is 252. The summed E-state index contributed by atoms with van der Waals surface area (Å²) in [5, 5.41) is 3.72. The van der Waals surface area contributed by atoms with E-state index in [9.17, 15) is 0 Å². The smallest absolute Gasteiger partial charge is 0.0147 e. The molecule has 1 fully saturated rings. The highest BCUT2D eigenvalue weighted by Crippen LogP contribution is 2.39. The van der Waals surface area contributed by atoms with Crippen LogP contribution in [0.2, 0.25) is 0 Å². The molecule has 0 saturated heterocycles. The van der Waals surface area contributed by atoms with Crippen molar-refractivity contribution in [1.82, 2.24) is 10.2 Å². The van der Waals surface area contributed by atoms with Gasteiger partial charge in [0.1, 0.15) is 0 Å². The molecule has 1 N–H and O–H groups in total. The second-order valence-electron chi connectivity index (χ2n) is 7.75. The first-order valence-electron chi connectivity index (χ1n) is 8.23. The van der Waals surface area contributed by atoms with Crippen LogP contribution in [-0.4, -0.2) is 37.1 Å². The normalized spacial score (nSPS) is 19.6. The SMILES string of the molecule is CCC(C)(C)N(C)CC1(CNCC(C)C)CCCC1. The Labute approximate surface area is 121 Å². The summed E-state index contributed by atoms with van der Waals surface area (Å²) in [6, 6.07) is 0. The number of hydrogen-bond donors (Lipinski definition) is 1. The Morgan fingerprint density at radius 3 is 2.26 bits per heavy atom. The molecule has 1 aliphatic rings. The molecular formula is C17H36N2. The molecule has 114 valence electrons. The van der Waals surface area contributed by atoms with E-state index in [1.165, 1.54) is 45.2 Å². The molecule has 0 aromatic heterocycles. The van der Waals surface area contributed by atoms with E-state index in [1.54, 1.807) is 0 Å². The fraction of sp³-hybridized carbons (Fsp3) is 1.00. The lowest BCUT2D eigenvalue weighted by Gasteiger charge is -2.42. The minimum atomic E-state index is 0.327. The lowest BCUT2D eigenvalue weighted by atomic mass is 9.83. The van der Waals surface area contributed by atoms with Crippen LogP contribution in [0.25, 0.3) is 0 Å². The maximum absolute atomic E-state index is 3.72. The summed E-state index contributed by atoms with van der Waals surface area (Å²) in [4.78, 5) is 2.59. The Kier molecular flexibility index (Phi) is 6.32. The van der Waals surface area contributed by atoms with Crippen molar-refractivity contribution in [3.63, 3.8) is 0 Å². The second kappa shape index (κ2) is 7.08. The number of hydrogen-bond acceptors (Lipinski definition) is 2. The van der Waals surface area contributed by atoms with Crippen molar-refractivity contribution >= 4 is 0 Å². The van der Waals surface area contributed by atoms with E-state index in [0.29, 0.717) is 11.0 Å². The van der Waals surface area contributed by atoms with Gasteiger partial charge in [-0.2, -0.15) is 0 Å². The van der Waals surface area contributed by atoms with Gasteiger partial charge in [-0.05, 0) is 58.0 Å². The van der Waals surface area contributed by atoms with Crippen LogP contribution in [0.3, 0.4) is 0 Å². The van der Waals surface area contributed by atoms with Gasteiger partial charge in [-0.1, -0.05) is 33.6 Å². The minimum Gasteiger partial charge on any atom is -0.316 e. The van der Waals surface area contributed by atoms with Gasteiger partial charge in [0.2, 0.25) is 0 Å². The summed E-state index contributed by atoms with van der Waals surface area (Å²) in [5.41, 5.74) is 0.851. The molecule has 2 heteroatoms. The van der Waals surface area contributed by atoms with E-state index in [1.807, 2.05) is 0 Å². The molecule has 0 bridgehead atoms. The molecule has 0 radical (unpaired) electrons. The van der Waals surface area contributed by atoms with Crippen LogP contribution in [0.1, 0.15) is 66.7 Å². The zero-order valence-corrected chi connectivity index (χ0v) is 14.2. The summed E-state index contributed by atoms with van der Waals surface area (Å²) in [6.07, 6.45) is 6.87. The van der Waals surface area contributed by atoms with Gasteiger partial charge in [-0.15, -0.1) is 0 Å². The molecule has 19 heavy (non-hydrogen) atoms. The number of nitrogens with one attached hydrogen (secondary N) is 1. The number of nitrogens with zero attached hydrogens (tertiary/aromatic N) is 1. The van der Waals surface area contributed by atoms with Crippen LogP contribution in [0, 0.1) is 11.3 Å². The second-order valence-corrected chi connectivity index (χ2v) is 7.75.